The second-order valence-electron chi connectivity index (χ2n) is 4.25. The van der Waals surface area contributed by atoms with Crippen LogP contribution in [0.15, 0.2) is 18.2 Å². The summed E-state index contributed by atoms with van der Waals surface area (Å²) in [6.07, 6.45) is 2.56. The van der Waals surface area contributed by atoms with Gasteiger partial charge in [-0.25, -0.2) is 0 Å². The third-order valence-corrected chi connectivity index (χ3v) is 3.00. The Labute approximate surface area is 85.5 Å². The van der Waals surface area contributed by atoms with Crippen LogP contribution in [0.4, 0.5) is 11.4 Å². The fraction of sp³-hybridized carbons (Fsp3) is 0.500. The molecule has 0 heterocycles. The molecule has 2 unspecified atom stereocenters. The molecule has 1 aliphatic rings. The van der Waals surface area contributed by atoms with Crippen LogP contribution in [-0.4, -0.2) is 6.04 Å². The normalized spacial score (nSPS) is 24.7. The van der Waals surface area contributed by atoms with Crippen LogP contribution in [0.3, 0.4) is 0 Å². The van der Waals surface area contributed by atoms with Gasteiger partial charge in [0, 0.05) is 6.04 Å². The smallest absolute Gasteiger partial charge is 0.0578 e. The highest BCUT2D eigenvalue weighted by molar-refractivity contribution is 5.67. The molecule has 0 saturated heterocycles. The van der Waals surface area contributed by atoms with Crippen LogP contribution in [0.1, 0.15) is 25.3 Å². The first kappa shape index (κ1) is 9.38. The lowest BCUT2D eigenvalue weighted by Crippen LogP contribution is -2.06. The SMILES string of the molecule is CCC1CC1Nc1cc(C)ccc1N. The second-order valence-corrected chi connectivity index (χ2v) is 4.25. The number of benzene rings is 1. The number of rotatable bonds is 3. The first-order chi connectivity index (χ1) is 6.70. The van der Waals surface area contributed by atoms with E-state index >= 15 is 0 Å². The number of nitrogens with one attached hydrogen (secondary N) is 1. The molecule has 1 fully saturated rings. The molecule has 2 rings (SSSR count). The van der Waals surface area contributed by atoms with Gasteiger partial charge in [-0.2, -0.15) is 0 Å². The van der Waals surface area contributed by atoms with Crippen molar-refractivity contribution in [3.63, 3.8) is 0 Å². The molecule has 1 saturated carbocycles. The standard InChI is InChI=1S/C12H18N2/c1-3-9-7-11(9)14-12-6-8(2)4-5-10(12)13/h4-6,9,11,14H,3,7,13H2,1-2H3. The average Bonchev–Trinajstić information content (AvgIpc) is 2.90. The van der Waals surface area contributed by atoms with Gasteiger partial charge in [0.15, 0.2) is 0 Å². The minimum Gasteiger partial charge on any atom is -0.397 e. The molecular formula is C12H18N2. The topological polar surface area (TPSA) is 38.0 Å². The van der Waals surface area contributed by atoms with Crippen molar-refractivity contribution in [3.05, 3.63) is 23.8 Å². The van der Waals surface area contributed by atoms with Crippen molar-refractivity contribution in [2.75, 3.05) is 11.1 Å². The maximum Gasteiger partial charge on any atom is 0.0578 e. The number of anilines is 2. The van der Waals surface area contributed by atoms with Crippen molar-refractivity contribution in [3.8, 4) is 0 Å². The van der Waals surface area contributed by atoms with E-state index in [4.69, 9.17) is 5.73 Å². The van der Waals surface area contributed by atoms with Crippen LogP contribution < -0.4 is 11.1 Å². The van der Waals surface area contributed by atoms with E-state index in [1.165, 1.54) is 18.4 Å². The molecule has 76 valence electrons. The number of aryl methyl sites for hydroxylation is 1. The zero-order chi connectivity index (χ0) is 10.1. The fourth-order valence-electron chi connectivity index (χ4n) is 1.87. The molecule has 0 aromatic heterocycles. The van der Waals surface area contributed by atoms with Crippen LogP contribution in [0.25, 0.3) is 0 Å². The molecule has 3 N–H and O–H groups in total. The monoisotopic (exact) mass is 190 g/mol. The summed E-state index contributed by atoms with van der Waals surface area (Å²) in [5.74, 6) is 0.856. The summed E-state index contributed by atoms with van der Waals surface area (Å²) in [5.41, 5.74) is 9.11. The zero-order valence-electron chi connectivity index (χ0n) is 8.88. The van der Waals surface area contributed by atoms with Crippen LogP contribution in [-0.2, 0) is 0 Å². The summed E-state index contributed by atoms with van der Waals surface area (Å²) in [4.78, 5) is 0. The summed E-state index contributed by atoms with van der Waals surface area (Å²) < 4.78 is 0. The molecule has 2 nitrogen and oxygen atoms in total. The van der Waals surface area contributed by atoms with Gasteiger partial charge in [-0.15, -0.1) is 0 Å². The van der Waals surface area contributed by atoms with Gasteiger partial charge in [0.2, 0.25) is 0 Å². The van der Waals surface area contributed by atoms with E-state index in [9.17, 15) is 0 Å². The predicted molar refractivity (Wildman–Crippen MR) is 61.4 cm³/mol. The van der Waals surface area contributed by atoms with Crippen molar-refractivity contribution in [2.24, 2.45) is 5.92 Å². The van der Waals surface area contributed by atoms with E-state index in [2.05, 4.69) is 25.2 Å². The number of nitrogens with two attached hydrogens (primary N) is 1. The molecule has 14 heavy (non-hydrogen) atoms. The highest BCUT2D eigenvalue weighted by Gasteiger charge is 2.35. The largest absolute Gasteiger partial charge is 0.397 e. The van der Waals surface area contributed by atoms with Gasteiger partial charge in [-0.3, -0.25) is 0 Å². The molecule has 1 aliphatic carbocycles. The van der Waals surface area contributed by atoms with Crippen LogP contribution in [0.5, 0.6) is 0 Å². The summed E-state index contributed by atoms with van der Waals surface area (Å²) >= 11 is 0. The minimum atomic E-state index is 0.657. The Balaban J connectivity index is 2.06. The summed E-state index contributed by atoms with van der Waals surface area (Å²) in [6.45, 7) is 4.33. The van der Waals surface area contributed by atoms with Gasteiger partial charge >= 0.3 is 0 Å². The minimum absolute atomic E-state index is 0.657. The first-order valence-electron chi connectivity index (χ1n) is 5.33. The van der Waals surface area contributed by atoms with Crippen molar-refractivity contribution in [1.82, 2.24) is 0 Å². The van der Waals surface area contributed by atoms with E-state index in [0.717, 1.165) is 17.3 Å². The Hall–Kier alpha value is -1.18. The van der Waals surface area contributed by atoms with Crippen molar-refractivity contribution < 1.29 is 0 Å². The molecule has 1 aromatic rings. The molecule has 2 heteroatoms. The lowest BCUT2D eigenvalue weighted by molar-refractivity contribution is 0.775. The van der Waals surface area contributed by atoms with E-state index in [1.54, 1.807) is 0 Å². The molecule has 1 aromatic carbocycles. The van der Waals surface area contributed by atoms with E-state index in [0.29, 0.717) is 6.04 Å². The Morgan fingerprint density at radius 2 is 2.29 bits per heavy atom. The molecular weight excluding hydrogens is 172 g/mol. The molecule has 0 spiro atoms. The van der Waals surface area contributed by atoms with Gasteiger partial charge < -0.3 is 11.1 Å². The Morgan fingerprint density at radius 1 is 1.50 bits per heavy atom. The summed E-state index contributed by atoms with van der Waals surface area (Å²) in [6, 6.07) is 6.80. The lowest BCUT2D eigenvalue weighted by Gasteiger charge is -2.09. The zero-order valence-corrected chi connectivity index (χ0v) is 8.88. The van der Waals surface area contributed by atoms with Crippen molar-refractivity contribution >= 4 is 11.4 Å². The van der Waals surface area contributed by atoms with Gasteiger partial charge in [-0.1, -0.05) is 19.4 Å². The molecule has 0 bridgehead atoms. The van der Waals surface area contributed by atoms with Crippen LogP contribution in [0, 0.1) is 12.8 Å². The van der Waals surface area contributed by atoms with Gasteiger partial charge in [0.05, 0.1) is 11.4 Å². The Kier molecular flexibility index (Phi) is 2.36. The summed E-state index contributed by atoms with van der Waals surface area (Å²) in [5, 5.41) is 3.50. The Bertz CT molecular complexity index is 333. The lowest BCUT2D eigenvalue weighted by atomic mass is 10.2. The predicted octanol–water partition coefficient (Wildman–Crippen LogP) is 2.79. The van der Waals surface area contributed by atoms with Crippen molar-refractivity contribution in [2.45, 2.75) is 32.7 Å². The Morgan fingerprint density at radius 3 is 2.93 bits per heavy atom. The van der Waals surface area contributed by atoms with Gasteiger partial charge in [0.25, 0.3) is 0 Å². The third-order valence-electron chi connectivity index (χ3n) is 3.00. The maximum absolute atomic E-state index is 5.89. The highest BCUT2D eigenvalue weighted by Crippen LogP contribution is 2.37. The quantitative estimate of drug-likeness (QED) is 0.719. The third kappa shape index (κ3) is 1.84. The van der Waals surface area contributed by atoms with Crippen LogP contribution >= 0.6 is 0 Å². The number of nitrogen functional groups attached to an aromatic ring is 1. The van der Waals surface area contributed by atoms with E-state index in [-0.39, 0.29) is 0 Å². The molecule has 0 amide bonds. The first-order valence-corrected chi connectivity index (χ1v) is 5.33. The van der Waals surface area contributed by atoms with E-state index < -0.39 is 0 Å². The summed E-state index contributed by atoms with van der Waals surface area (Å²) in [7, 11) is 0. The number of hydrogen-bond donors (Lipinski definition) is 2. The van der Waals surface area contributed by atoms with Crippen molar-refractivity contribution in [1.29, 1.82) is 0 Å². The van der Waals surface area contributed by atoms with Crippen LogP contribution in [0.2, 0.25) is 0 Å². The highest BCUT2D eigenvalue weighted by atomic mass is 15.0. The average molecular weight is 190 g/mol. The van der Waals surface area contributed by atoms with E-state index in [1.807, 2.05) is 12.1 Å². The van der Waals surface area contributed by atoms with Gasteiger partial charge in [-0.05, 0) is 37.0 Å². The number of hydrogen-bond acceptors (Lipinski definition) is 2. The maximum atomic E-state index is 5.89. The second kappa shape index (κ2) is 3.52. The molecule has 2 atom stereocenters. The molecule has 0 aliphatic heterocycles. The van der Waals surface area contributed by atoms with Gasteiger partial charge in [0.1, 0.15) is 0 Å². The fourth-order valence-corrected chi connectivity index (χ4v) is 1.87. The molecule has 0 radical (unpaired) electrons.